The molecule has 0 spiro atoms. The number of amides is 1. The quantitative estimate of drug-likeness (QED) is 0.744. The van der Waals surface area contributed by atoms with Gasteiger partial charge in [0.05, 0.1) is 6.61 Å². The third-order valence-electron chi connectivity index (χ3n) is 3.55. The molecule has 0 aromatic rings. The zero-order chi connectivity index (χ0) is 10.7. The van der Waals surface area contributed by atoms with Crippen LogP contribution in [0, 0.1) is 11.8 Å². The maximum atomic E-state index is 11.4. The van der Waals surface area contributed by atoms with Gasteiger partial charge in [-0.25, -0.2) is 4.79 Å². The third-order valence-corrected chi connectivity index (χ3v) is 3.55. The van der Waals surface area contributed by atoms with E-state index in [1.165, 1.54) is 13.1 Å². The number of rotatable bonds is 2. The van der Waals surface area contributed by atoms with E-state index in [1.807, 2.05) is 11.8 Å². The number of likely N-dealkylation sites (tertiary alicyclic amines) is 1. The lowest BCUT2D eigenvalue weighted by atomic mass is 9.81. The van der Waals surface area contributed by atoms with Crippen LogP contribution >= 0.6 is 0 Å². The SMILES string of the molecule is CCOC(=O)N1CCC(C2CNC2)CC1. The van der Waals surface area contributed by atoms with Crippen molar-refractivity contribution in [1.82, 2.24) is 10.2 Å². The molecule has 2 aliphatic heterocycles. The molecule has 2 aliphatic rings. The Morgan fingerprint density at radius 3 is 2.47 bits per heavy atom. The highest BCUT2D eigenvalue weighted by molar-refractivity contribution is 5.67. The minimum absolute atomic E-state index is 0.136. The summed E-state index contributed by atoms with van der Waals surface area (Å²) >= 11 is 0. The summed E-state index contributed by atoms with van der Waals surface area (Å²) in [6.07, 6.45) is 2.15. The molecular weight excluding hydrogens is 192 g/mol. The van der Waals surface area contributed by atoms with Gasteiger partial charge in [0.2, 0.25) is 0 Å². The smallest absolute Gasteiger partial charge is 0.409 e. The van der Waals surface area contributed by atoms with E-state index in [0.717, 1.165) is 37.8 Å². The van der Waals surface area contributed by atoms with Crippen molar-refractivity contribution in [1.29, 1.82) is 0 Å². The number of hydrogen-bond donors (Lipinski definition) is 1. The molecule has 2 rings (SSSR count). The van der Waals surface area contributed by atoms with Gasteiger partial charge in [0.15, 0.2) is 0 Å². The van der Waals surface area contributed by atoms with Crippen LogP contribution in [0.3, 0.4) is 0 Å². The van der Waals surface area contributed by atoms with E-state index in [1.54, 1.807) is 0 Å². The fourth-order valence-electron chi connectivity index (χ4n) is 2.41. The van der Waals surface area contributed by atoms with Crippen molar-refractivity contribution >= 4 is 6.09 Å². The zero-order valence-electron chi connectivity index (χ0n) is 9.37. The Bertz CT molecular complexity index is 221. The summed E-state index contributed by atoms with van der Waals surface area (Å²) in [7, 11) is 0. The first-order chi connectivity index (χ1) is 7.31. The predicted octanol–water partition coefficient (Wildman–Crippen LogP) is 1.07. The number of nitrogens with zero attached hydrogens (tertiary/aromatic N) is 1. The van der Waals surface area contributed by atoms with E-state index in [-0.39, 0.29) is 6.09 Å². The van der Waals surface area contributed by atoms with E-state index in [0.29, 0.717) is 6.61 Å². The van der Waals surface area contributed by atoms with Crippen molar-refractivity contribution in [2.75, 3.05) is 32.8 Å². The summed E-state index contributed by atoms with van der Waals surface area (Å²) < 4.78 is 4.99. The molecule has 1 N–H and O–H groups in total. The van der Waals surface area contributed by atoms with E-state index >= 15 is 0 Å². The van der Waals surface area contributed by atoms with Gasteiger partial charge in [0.1, 0.15) is 0 Å². The summed E-state index contributed by atoms with van der Waals surface area (Å²) in [6.45, 7) is 6.42. The summed E-state index contributed by atoms with van der Waals surface area (Å²) in [5.41, 5.74) is 0. The second-order valence-corrected chi connectivity index (χ2v) is 4.44. The molecule has 15 heavy (non-hydrogen) atoms. The van der Waals surface area contributed by atoms with Crippen molar-refractivity contribution < 1.29 is 9.53 Å². The highest BCUT2D eigenvalue weighted by Gasteiger charge is 2.31. The van der Waals surface area contributed by atoms with Gasteiger partial charge in [-0.2, -0.15) is 0 Å². The normalized spacial score (nSPS) is 23.7. The number of hydrogen-bond acceptors (Lipinski definition) is 3. The Labute approximate surface area is 91.0 Å². The second-order valence-electron chi connectivity index (χ2n) is 4.44. The molecule has 0 aliphatic carbocycles. The first-order valence-corrected chi connectivity index (χ1v) is 5.93. The summed E-state index contributed by atoms with van der Waals surface area (Å²) in [6, 6.07) is 0. The van der Waals surface area contributed by atoms with Crippen LogP contribution in [0.5, 0.6) is 0 Å². The lowest BCUT2D eigenvalue weighted by Crippen LogP contribution is -2.50. The van der Waals surface area contributed by atoms with Gasteiger partial charge in [-0.05, 0) is 44.7 Å². The highest BCUT2D eigenvalue weighted by atomic mass is 16.6. The molecular formula is C11H20N2O2. The van der Waals surface area contributed by atoms with Crippen molar-refractivity contribution in [3.63, 3.8) is 0 Å². The molecule has 0 bridgehead atoms. The first-order valence-electron chi connectivity index (χ1n) is 5.93. The van der Waals surface area contributed by atoms with Gasteiger partial charge in [0, 0.05) is 13.1 Å². The van der Waals surface area contributed by atoms with Crippen molar-refractivity contribution in [3.05, 3.63) is 0 Å². The van der Waals surface area contributed by atoms with E-state index < -0.39 is 0 Å². The average molecular weight is 212 g/mol. The summed E-state index contributed by atoms with van der Waals surface area (Å²) in [5, 5.41) is 3.31. The summed E-state index contributed by atoms with van der Waals surface area (Å²) in [5.74, 6) is 1.67. The molecule has 1 amide bonds. The highest BCUT2D eigenvalue weighted by Crippen LogP contribution is 2.27. The van der Waals surface area contributed by atoms with Crippen LogP contribution in [0.25, 0.3) is 0 Å². The Morgan fingerprint density at radius 2 is 2.00 bits per heavy atom. The predicted molar refractivity (Wildman–Crippen MR) is 57.7 cm³/mol. The van der Waals surface area contributed by atoms with Crippen LogP contribution < -0.4 is 5.32 Å². The lowest BCUT2D eigenvalue weighted by Gasteiger charge is -2.39. The van der Waals surface area contributed by atoms with Crippen LogP contribution in [0.2, 0.25) is 0 Å². The van der Waals surface area contributed by atoms with Gasteiger partial charge in [-0.1, -0.05) is 0 Å². The minimum atomic E-state index is -0.136. The molecule has 0 aromatic heterocycles. The minimum Gasteiger partial charge on any atom is -0.450 e. The molecule has 4 heteroatoms. The molecule has 86 valence electrons. The molecule has 2 fully saturated rings. The van der Waals surface area contributed by atoms with Crippen molar-refractivity contribution in [3.8, 4) is 0 Å². The first kappa shape index (κ1) is 10.7. The van der Waals surface area contributed by atoms with Crippen molar-refractivity contribution in [2.24, 2.45) is 11.8 Å². The third kappa shape index (κ3) is 2.43. The largest absolute Gasteiger partial charge is 0.450 e. The average Bonchev–Trinajstić information content (AvgIpc) is 2.16. The van der Waals surface area contributed by atoms with E-state index in [9.17, 15) is 4.79 Å². The Morgan fingerprint density at radius 1 is 1.33 bits per heavy atom. The lowest BCUT2D eigenvalue weighted by molar-refractivity contribution is 0.0776. The zero-order valence-corrected chi connectivity index (χ0v) is 9.37. The topological polar surface area (TPSA) is 41.6 Å². The van der Waals surface area contributed by atoms with Crippen LogP contribution in [-0.2, 0) is 4.74 Å². The molecule has 0 saturated carbocycles. The fourth-order valence-corrected chi connectivity index (χ4v) is 2.41. The number of nitrogens with one attached hydrogen (secondary N) is 1. The molecule has 0 atom stereocenters. The molecule has 0 aromatic carbocycles. The van der Waals surface area contributed by atoms with E-state index in [4.69, 9.17) is 4.74 Å². The Hall–Kier alpha value is -0.770. The Kier molecular flexibility index (Phi) is 3.46. The van der Waals surface area contributed by atoms with Crippen LogP contribution in [-0.4, -0.2) is 43.8 Å². The second kappa shape index (κ2) is 4.84. The van der Waals surface area contributed by atoms with Crippen LogP contribution in [0.15, 0.2) is 0 Å². The molecule has 4 nitrogen and oxygen atoms in total. The van der Waals surface area contributed by atoms with Gasteiger partial charge in [-0.3, -0.25) is 0 Å². The number of carbonyl (C=O) groups excluding carboxylic acids is 1. The maximum absolute atomic E-state index is 11.4. The van der Waals surface area contributed by atoms with Gasteiger partial charge in [-0.15, -0.1) is 0 Å². The van der Waals surface area contributed by atoms with Crippen molar-refractivity contribution in [2.45, 2.75) is 19.8 Å². The van der Waals surface area contributed by atoms with Gasteiger partial charge >= 0.3 is 6.09 Å². The van der Waals surface area contributed by atoms with Gasteiger partial charge in [0.25, 0.3) is 0 Å². The molecule has 2 saturated heterocycles. The Balaban J connectivity index is 1.73. The van der Waals surface area contributed by atoms with Crippen LogP contribution in [0.1, 0.15) is 19.8 Å². The molecule has 2 heterocycles. The molecule has 0 unspecified atom stereocenters. The standard InChI is InChI=1S/C11H20N2O2/c1-2-15-11(14)13-5-3-9(4-6-13)10-7-12-8-10/h9-10,12H,2-8H2,1H3. The van der Waals surface area contributed by atoms with E-state index in [2.05, 4.69) is 5.32 Å². The maximum Gasteiger partial charge on any atom is 0.409 e. The van der Waals surface area contributed by atoms with Gasteiger partial charge < -0.3 is 15.0 Å². The number of piperidine rings is 1. The number of carbonyl (C=O) groups is 1. The molecule has 0 radical (unpaired) electrons. The summed E-state index contributed by atoms with van der Waals surface area (Å²) in [4.78, 5) is 13.3. The van der Waals surface area contributed by atoms with Crippen LogP contribution in [0.4, 0.5) is 4.79 Å². The monoisotopic (exact) mass is 212 g/mol. The number of ether oxygens (including phenoxy) is 1. The fraction of sp³-hybridized carbons (Fsp3) is 0.909.